The van der Waals surface area contributed by atoms with Gasteiger partial charge in [0.05, 0.1) is 13.7 Å². The maximum atomic E-state index is 12.9. The van der Waals surface area contributed by atoms with E-state index in [0.717, 1.165) is 10.5 Å². The summed E-state index contributed by atoms with van der Waals surface area (Å²) < 4.78 is 23.1. The highest BCUT2D eigenvalue weighted by Crippen LogP contribution is 2.43. The first-order valence-corrected chi connectivity index (χ1v) is 10.3. The van der Waals surface area contributed by atoms with Crippen molar-refractivity contribution in [3.05, 3.63) is 58.3 Å². The van der Waals surface area contributed by atoms with Gasteiger partial charge in [0.2, 0.25) is 5.75 Å². The lowest BCUT2D eigenvalue weighted by Gasteiger charge is -2.16. The molecule has 7 heteroatoms. The predicted octanol–water partition coefficient (Wildman–Crippen LogP) is 5.40. The van der Waals surface area contributed by atoms with Gasteiger partial charge in [-0.1, -0.05) is 17.3 Å². The van der Waals surface area contributed by atoms with E-state index < -0.39 is 0 Å². The van der Waals surface area contributed by atoms with Crippen LogP contribution in [0.3, 0.4) is 0 Å². The van der Waals surface area contributed by atoms with E-state index in [1.54, 1.807) is 30.3 Å². The van der Waals surface area contributed by atoms with Crippen molar-refractivity contribution in [2.75, 3.05) is 20.3 Å². The molecule has 0 amide bonds. The number of benzene rings is 2. The Balaban J connectivity index is 2.11. The van der Waals surface area contributed by atoms with Crippen LogP contribution in [0.25, 0.3) is 11.0 Å². The Labute approximate surface area is 179 Å². The van der Waals surface area contributed by atoms with E-state index in [2.05, 4.69) is 0 Å². The summed E-state index contributed by atoms with van der Waals surface area (Å²) in [5.74, 6) is 1.27. The van der Waals surface area contributed by atoms with E-state index in [4.69, 9.17) is 18.6 Å². The van der Waals surface area contributed by atoms with Gasteiger partial charge in [-0.15, -0.1) is 0 Å². The summed E-state index contributed by atoms with van der Waals surface area (Å²) in [4.78, 5) is 13.8. The molecule has 30 heavy (non-hydrogen) atoms. The monoisotopic (exact) mass is 428 g/mol. The van der Waals surface area contributed by atoms with E-state index in [1.165, 1.54) is 24.9 Å². The van der Waals surface area contributed by atoms with E-state index in [0.29, 0.717) is 46.5 Å². The SMILES string of the molecule is CCOc1c(OC)c(OCC=C(C)C)cc2oc(Sc3ccc(O)cc3)cc(=O)c12. The van der Waals surface area contributed by atoms with Crippen LogP contribution in [0.15, 0.2) is 67.2 Å². The highest BCUT2D eigenvalue weighted by Gasteiger charge is 2.21. The molecule has 2 aromatic carbocycles. The molecule has 0 atom stereocenters. The molecule has 0 bridgehead atoms. The van der Waals surface area contributed by atoms with Gasteiger partial charge in [0.1, 0.15) is 23.3 Å². The summed E-state index contributed by atoms with van der Waals surface area (Å²) in [6.45, 7) is 6.50. The molecule has 1 heterocycles. The summed E-state index contributed by atoms with van der Waals surface area (Å²) in [6.07, 6.45) is 1.94. The Morgan fingerprint density at radius 1 is 1.13 bits per heavy atom. The molecule has 0 radical (unpaired) electrons. The first kappa shape index (κ1) is 21.6. The predicted molar refractivity (Wildman–Crippen MR) is 117 cm³/mol. The minimum absolute atomic E-state index is 0.172. The molecular weight excluding hydrogens is 404 g/mol. The molecule has 1 N–H and O–H groups in total. The van der Waals surface area contributed by atoms with Crippen LogP contribution in [-0.4, -0.2) is 25.4 Å². The van der Waals surface area contributed by atoms with E-state index in [-0.39, 0.29) is 11.2 Å². The molecule has 0 spiro atoms. The molecular formula is C23H24O6S. The lowest BCUT2D eigenvalue weighted by Crippen LogP contribution is -2.07. The summed E-state index contributed by atoms with van der Waals surface area (Å²) in [5, 5.41) is 10.2. The number of aromatic hydroxyl groups is 1. The Bertz CT molecular complexity index is 1110. The van der Waals surface area contributed by atoms with Crippen LogP contribution in [0.1, 0.15) is 20.8 Å². The summed E-state index contributed by atoms with van der Waals surface area (Å²) in [5.41, 5.74) is 1.23. The van der Waals surface area contributed by atoms with Crippen molar-refractivity contribution in [3.63, 3.8) is 0 Å². The van der Waals surface area contributed by atoms with E-state index >= 15 is 0 Å². The smallest absolute Gasteiger partial charge is 0.204 e. The quantitative estimate of drug-likeness (QED) is 0.481. The van der Waals surface area contributed by atoms with E-state index in [1.807, 2.05) is 26.8 Å². The van der Waals surface area contributed by atoms with Gasteiger partial charge in [0, 0.05) is 17.0 Å². The first-order chi connectivity index (χ1) is 14.4. The molecule has 0 unspecified atom stereocenters. The van der Waals surface area contributed by atoms with Crippen molar-refractivity contribution in [3.8, 4) is 23.0 Å². The fourth-order valence-electron chi connectivity index (χ4n) is 2.79. The third kappa shape index (κ3) is 4.91. The number of ether oxygens (including phenoxy) is 3. The zero-order valence-electron chi connectivity index (χ0n) is 17.4. The van der Waals surface area contributed by atoms with Crippen LogP contribution >= 0.6 is 11.8 Å². The average molecular weight is 429 g/mol. The Hall–Kier alpha value is -3.06. The van der Waals surface area contributed by atoms with Crippen LogP contribution in [0.2, 0.25) is 0 Å². The van der Waals surface area contributed by atoms with Crippen molar-refractivity contribution in [1.29, 1.82) is 0 Å². The second kappa shape index (κ2) is 9.63. The van der Waals surface area contributed by atoms with Crippen LogP contribution < -0.4 is 19.6 Å². The summed E-state index contributed by atoms with van der Waals surface area (Å²) >= 11 is 1.28. The fourth-order valence-corrected chi connectivity index (χ4v) is 3.59. The third-order valence-corrected chi connectivity index (χ3v) is 5.06. The number of rotatable bonds is 8. The molecule has 0 saturated carbocycles. The highest BCUT2D eigenvalue weighted by molar-refractivity contribution is 7.99. The second-order valence-corrected chi connectivity index (χ2v) is 7.74. The van der Waals surface area contributed by atoms with Gasteiger partial charge >= 0.3 is 0 Å². The number of hydrogen-bond donors (Lipinski definition) is 1. The largest absolute Gasteiger partial charge is 0.508 e. The normalized spacial score (nSPS) is 10.7. The van der Waals surface area contributed by atoms with Crippen LogP contribution in [0.5, 0.6) is 23.0 Å². The lowest BCUT2D eigenvalue weighted by atomic mass is 10.2. The van der Waals surface area contributed by atoms with Crippen LogP contribution in [-0.2, 0) is 0 Å². The molecule has 6 nitrogen and oxygen atoms in total. The molecule has 3 rings (SSSR count). The second-order valence-electron chi connectivity index (χ2n) is 6.66. The number of hydrogen-bond acceptors (Lipinski definition) is 7. The topological polar surface area (TPSA) is 78.1 Å². The molecule has 3 aromatic rings. The minimum Gasteiger partial charge on any atom is -0.508 e. The standard InChI is InChI=1S/C23H24O6S/c1-5-27-23-21-17(25)12-20(30-16-8-6-15(24)7-9-16)29-18(21)13-19(22(23)26-4)28-11-10-14(2)3/h6-10,12-13,24H,5,11H2,1-4H3. The van der Waals surface area contributed by atoms with Gasteiger partial charge < -0.3 is 23.7 Å². The molecule has 158 valence electrons. The average Bonchev–Trinajstić information content (AvgIpc) is 2.69. The van der Waals surface area contributed by atoms with Gasteiger partial charge in [-0.3, -0.25) is 4.79 Å². The zero-order valence-corrected chi connectivity index (χ0v) is 18.2. The zero-order chi connectivity index (χ0) is 21.7. The highest BCUT2D eigenvalue weighted by atomic mass is 32.2. The molecule has 0 aliphatic carbocycles. The Morgan fingerprint density at radius 2 is 1.87 bits per heavy atom. The van der Waals surface area contributed by atoms with Gasteiger partial charge in [-0.25, -0.2) is 0 Å². The summed E-state index contributed by atoms with van der Waals surface area (Å²) in [6, 6.07) is 9.72. The minimum atomic E-state index is -0.241. The van der Waals surface area contributed by atoms with Crippen molar-refractivity contribution >= 4 is 22.7 Å². The molecule has 0 fully saturated rings. The maximum absolute atomic E-state index is 12.9. The molecule has 0 aliphatic heterocycles. The van der Waals surface area contributed by atoms with Crippen molar-refractivity contribution in [2.24, 2.45) is 0 Å². The van der Waals surface area contributed by atoms with Crippen LogP contribution in [0.4, 0.5) is 0 Å². The maximum Gasteiger partial charge on any atom is 0.204 e. The number of phenolic OH excluding ortho intramolecular Hbond substituents is 1. The fraction of sp³-hybridized carbons (Fsp3) is 0.261. The number of fused-ring (bicyclic) bond motifs is 1. The van der Waals surface area contributed by atoms with Gasteiger partial charge in [0.25, 0.3) is 0 Å². The Morgan fingerprint density at radius 3 is 2.50 bits per heavy atom. The molecule has 0 aliphatic rings. The van der Waals surface area contributed by atoms with Crippen molar-refractivity contribution in [1.82, 2.24) is 0 Å². The lowest BCUT2D eigenvalue weighted by molar-refractivity contribution is 0.290. The Kier molecular flexibility index (Phi) is 6.95. The molecule has 0 saturated heterocycles. The van der Waals surface area contributed by atoms with Gasteiger partial charge in [-0.2, -0.15) is 0 Å². The number of allylic oxidation sites excluding steroid dienone is 1. The first-order valence-electron chi connectivity index (χ1n) is 9.47. The number of phenols is 1. The van der Waals surface area contributed by atoms with Crippen molar-refractivity contribution in [2.45, 2.75) is 30.8 Å². The number of methoxy groups -OCH3 is 1. The van der Waals surface area contributed by atoms with E-state index in [9.17, 15) is 9.90 Å². The van der Waals surface area contributed by atoms with Gasteiger partial charge in [-0.05, 0) is 51.1 Å². The summed E-state index contributed by atoms with van der Waals surface area (Å²) in [7, 11) is 1.51. The van der Waals surface area contributed by atoms with Gasteiger partial charge in [0.15, 0.2) is 22.0 Å². The third-order valence-electron chi connectivity index (χ3n) is 4.15. The molecule has 1 aromatic heterocycles. The van der Waals surface area contributed by atoms with Crippen LogP contribution in [0, 0.1) is 0 Å². The van der Waals surface area contributed by atoms with Crippen molar-refractivity contribution < 1.29 is 23.7 Å².